The molecule has 2 aromatic heterocycles. The van der Waals surface area contributed by atoms with Crippen LogP contribution >= 0.6 is 34.3 Å². The van der Waals surface area contributed by atoms with Crippen molar-refractivity contribution in [2.75, 3.05) is 0 Å². The van der Waals surface area contributed by atoms with Crippen LogP contribution in [0.15, 0.2) is 28.5 Å². The van der Waals surface area contributed by atoms with Gasteiger partial charge in [0.05, 0.1) is 4.34 Å². The molecule has 0 radical (unpaired) electrons. The lowest BCUT2D eigenvalue weighted by Gasteiger charge is -2.05. The third-order valence-corrected chi connectivity index (χ3v) is 6.86. The van der Waals surface area contributed by atoms with Crippen LogP contribution in [0.5, 0.6) is 0 Å². The van der Waals surface area contributed by atoms with Crippen LogP contribution in [0.1, 0.15) is 23.6 Å². The molecule has 0 spiro atoms. The van der Waals surface area contributed by atoms with E-state index >= 15 is 0 Å². The number of nitrogens with one attached hydrogen (secondary N) is 2. The van der Waals surface area contributed by atoms with Gasteiger partial charge in [0.25, 0.3) is 0 Å². The Hall–Kier alpha value is -0.440. The lowest BCUT2D eigenvalue weighted by molar-refractivity contribution is 0.584. The molecule has 21 heavy (non-hydrogen) atoms. The third kappa shape index (κ3) is 5.05. The third-order valence-electron chi connectivity index (χ3n) is 2.65. The second-order valence-electron chi connectivity index (χ2n) is 4.79. The van der Waals surface area contributed by atoms with E-state index in [1.54, 1.807) is 12.1 Å². The fourth-order valence-electron chi connectivity index (χ4n) is 1.59. The van der Waals surface area contributed by atoms with Crippen LogP contribution in [0.4, 0.5) is 0 Å². The average Bonchev–Trinajstić information content (AvgIpc) is 3.03. The van der Waals surface area contributed by atoms with E-state index in [2.05, 4.69) is 23.9 Å². The Bertz CT molecular complexity index is 692. The van der Waals surface area contributed by atoms with Crippen LogP contribution in [0.25, 0.3) is 0 Å². The van der Waals surface area contributed by atoms with E-state index in [0.29, 0.717) is 21.1 Å². The summed E-state index contributed by atoms with van der Waals surface area (Å²) in [6.07, 6.45) is 0. The Morgan fingerprint density at radius 1 is 1.10 bits per heavy atom. The topological polar surface area (TPSA) is 58.2 Å². The van der Waals surface area contributed by atoms with Gasteiger partial charge in [0, 0.05) is 28.9 Å². The molecule has 0 bridgehead atoms. The second-order valence-corrected chi connectivity index (χ2v) is 9.75. The van der Waals surface area contributed by atoms with Gasteiger partial charge in [-0.05, 0) is 24.3 Å². The van der Waals surface area contributed by atoms with Gasteiger partial charge in [-0.2, -0.15) is 0 Å². The molecule has 2 N–H and O–H groups in total. The van der Waals surface area contributed by atoms with Crippen molar-refractivity contribution >= 4 is 44.3 Å². The van der Waals surface area contributed by atoms with E-state index in [1.807, 2.05) is 12.1 Å². The summed E-state index contributed by atoms with van der Waals surface area (Å²) in [6.45, 7) is 5.05. The first-order valence-electron chi connectivity index (χ1n) is 6.43. The van der Waals surface area contributed by atoms with E-state index < -0.39 is 10.0 Å². The summed E-state index contributed by atoms with van der Waals surface area (Å²) in [5.74, 6) is 0. The molecule has 2 rings (SSSR count). The molecule has 4 nitrogen and oxygen atoms in total. The molecule has 0 aromatic carbocycles. The van der Waals surface area contributed by atoms with Crippen molar-refractivity contribution in [3.63, 3.8) is 0 Å². The highest BCUT2D eigenvalue weighted by Crippen LogP contribution is 2.24. The summed E-state index contributed by atoms with van der Waals surface area (Å²) < 4.78 is 28.0. The number of thiophene rings is 2. The molecule has 0 atom stereocenters. The van der Waals surface area contributed by atoms with Gasteiger partial charge in [0.1, 0.15) is 4.21 Å². The molecule has 0 unspecified atom stereocenters. The Balaban J connectivity index is 1.99. The average molecular weight is 365 g/mol. The lowest BCUT2D eigenvalue weighted by atomic mass is 10.4. The monoisotopic (exact) mass is 364 g/mol. The minimum Gasteiger partial charge on any atom is -0.310 e. The lowest BCUT2D eigenvalue weighted by Crippen LogP contribution is -2.22. The first kappa shape index (κ1) is 16.9. The summed E-state index contributed by atoms with van der Waals surface area (Å²) in [6, 6.07) is 7.44. The van der Waals surface area contributed by atoms with E-state index in [-0.39, 0.29) is 6.54 Å². The van der Waals surface area contributed by atoms with Gasteiger partial charge in [-0.15, -0.1) is 22.7 Å². The van der Waals surface area contributed by atoms with Crippen LogP contribution < -0.4 is 10.0 Å². The molecular formula is C13H17ClN2O2S3. The summed E-state index contributed by atoms with van der Waals surface area (Å²) in [7, 11) is -3.46. The highest BCUT2D eigenvalue weighted by atomic mass is 35.5. The fraction of sp³-hybridized carbons (Fsp3) is 0.385. The SMILES string of the molecule is CC(C)NCc1ccc(S(=O)(=O)NCc2ccc(Cl)s2)s1. The molecule has 0 saturated carbocycles. The summed E-state index contributed by atoms with van der Waals surface area (Å²) in [5, 5.41) is 3.27. The maximum Gasteiger partial charge on any atom is 0.250 e. The van der Waals surface area contributed by atoms with E-state index in [0.717, 1.165) is 9.75 Å². The van der Waals surface area contributed by atoms with Crippen LogP contribution in [0, 0.1) is 0 Å². The van der Waals surface area contributed by atoms with Crippen molar-refractivity contribution in [3.8, 4) is 0 Å². The maximum absolute atomic E-state index is 12.2. The highest BCUT2D eigenvalue weighted by Gasteiger charge is 2.17. The van der Waals surface area contributed by atoms with Crippen LogP contribution in [-0.4, -0.2) is 14.5 Å². The van der Waals surface area contributed by atoms with Crippen molar-refractivity contribution in [1.29, 1.82) is 0 Å². The molecule has 2 aromatic rings. The molecular weight excluding hydrogens is 348 g/mol. The van der Waals surface area contributed by atoms with Gasteiger partial charge in [-0.3, -0.25) is 0 Å². The largest absolute Gasteiger partial charge is 0.310 e. The van der Waals surface area contributed by atoms with Gasteiger partial charge in [-0.25, -0.2) is 13.1 Å². The zero-order valence-corrected chi connectivity index (χ0v) is 14.9. The Kier molecular flexibility index (Phi) is 5.81. The minimum atomic E-state index is -3.46. The zero-order chi connectivity index (χ0) is 15.5. The molecule has 8 heteroatoms. The van der Waals surface area contributed by atoms with Gasteiger partial charge in [-0.1, -0.05) is 25.4 Å². The van der Waals surface area contributed by atoms with Crippen molar-refractivity contribution < 1.29 is 8.42 Å². The van der Waals surface area contributed by atoms with Crippen molar-refractivity contribution in [2.45, 2.75) is 37.2 Å². The predicted octanol–water partition coefficient (Wildman–Crippen LogP) is 3.44. The quantitative estimate of drug-likeness (QED) is 0.791. The number of rotatable bonds is 7. The molecule has 0 aliphatic carbocycles. The fourth-order valence-corrected chi connectivity index (χ4v) is 5.06. The summed E-state index contributed by atoms with van der Waals surface area (Å²) >= 11 is 8.49. The molecule has 2 heterocycles. The Morgan fingerprint density at radius 2 is 1.76 bits per heavy atom. The van der Waals surface area contributed by atoms with Crippen molar-refractivity contribution in [1.82, 2.24) is 10.0 Å². The van der Waals surface area contributed by atoms with E-state index in [9.17, 15) is 8.42 Å². The van der Waals surface area contributed by atoms with Gasteiger partial charge in [0.15, 0.2) is 0 Å². The first-order chi connectivity index (χ1) is 9.87. The van der Waals surface area contributed by atoms with Gasteiger partial charge < -0.3 is 5.32 Å². The van der Waals surface area contributed by atoms with Crippen molar-refractivity contribution in [2.24, 2.45) is 0 Å². The Morgan fingerprint density at radius 3 is 2.38 bits per heavy atom. The highest BCUT2D eigenvalue weighted by molar-refractivity contribution is 7.91. The van der Waals surface area contributed by atoms with Gasteiger partial charge in [0.2, 0.25) is 10.0 Å². The molecule has 116 valence electrons. The molecule has 0 amide bonds. The standard InChI is InChI=1S/C13H17ClN2O2S3/c1-9(2)15-7-10-4-6-13(20-10)21(17,18)16-8-11-3-5-12(14)19-11/h3-6,9,15-16H,7-8H2,1-2H3. The normalized spacial score (nSPS) is 12.2. The van der Waals surface area contributed by atoms with Crippen molar-refractivity contribution in [3.05, 3.63) is 38.4 Å². The smallest absolute Gasteiger partial charge is 0.250 e. The minimum absolute atomic E-state index is 0.261. The number of hydrogen-bond donors (Lipinski definition) is 2. The zero-order valence-electron chi connectivity index (χ0n) is 11.7. The predicted molar refractivity (Wildman–Crippen MR) is 89.6 cm³/mol. The number of hydrogen-bond acceptors (Lipinski definition) is 5. The number of sulfonamides is 1. The molecule has 0 aliphatic heterocycles. The van der Waals surface area contributed by atoms with Crippen LogP contribution in [0.3, 0.4) is 0 Å². The molecule has 0 fully saturated rings. The Labute approximate surface area is 138 Å². The van der Waals surface area contributed by atoms with Crippen LogP contribution in [0.2, 0.25) is 4.34 Å². The number of halogens is 1. The summed E-state index contributed by atoms with van der Waals surface area (Å²) in [5.41, 5.74) is 0. The van der Waals surface area contributed by atoms with E-state index in [1.165, 1.54) is 22.7 Å². The second kappa shape index (κ2) is 7.21. The van der Waals surface area contributed by atoms with E-state index in [4.69, 9.17) is 11.6 Å². The maximum atomic E-state index is 12.2. The summed E-state index contributed by atoms with van der Waals surface area (Å²) in [4.78, 5) is 1.89. The molecule has 0 saturated heterocycles. The van der Waals surface area contributed by atoms with Gasteiger partial charge >= 0.3 is 0 Å². The van der Waals surface area contributed by atoms with Crippen LogP contribution in [-0.2, 0) is 23.1 Å². The molecule has 0 aliphatic rings. The first-order valence-corrected chi connectivity index (χ1v) is 9.92.